The standard InChI is InChI=1S/C12H19N4O2PS/c1-4-8-20-19(17,18-5-2)16-7-6-15(3)12(16)11(9-13)10-14/h4-8H2,1-3H3. The van der Waals surface area contributed by atoms with Gasteiger partial charge in [-0.2, -0.15) is 10.5 Å². The molecule has 1 aliphatic heterocycles. The van der Waals surface area contributed by atoms with Crippen LogP contribution < -0.4 is 0 Å². The second-order valence-corrected chi connectivity index (χ2v) is 8.69. The average molecular weight is 314 g/mol. The van der Waals surface area contributed by atoms with Gasteiger partial charge in [-0.1, -0.05) is 6.92 Å². The average Bonchev–Trinajstić information content (AvgIpc) is 2.81. The first-order chi connectivity index (χ1) is 9.53. The predicted molar refractivity (Wildman–Crippen MR) is 79.6 cm³/mol. The number of hydrogen-bond acceptors (Lipinski definition) is 6. The molecule has 0 aromatic heterocycles. The summed E-state index contributed by atoms with van der Waals surface area (Å²) in [4.78, 5) is 1.78. The van der Waals surface area contributed by atoms with E-state index in [0.29, 0.717) is 31.3 Å². The van der Waals surface area contributed by atoms with Gasteiger partial charge in [0.2, 0.25) is 0 Å². The van der Waals surface area contributed by atoms with Gasteiger partial charge in [-0.15, -0.1) is 0 Å². The number of allylic oxidation sites excluding steroid dienone is 1. The lowest BCUT2D eigenvalue weighted by molar-refractivity contribution is 0.308. The molecule has 0 saturated carbocycles. The van der Waals surface area contributed by atoms with E-state index in [1.54, 1.807) is 23.5 Å². The minimum atomic E-state index is -3.11. The van der Waals surface area contributed by atoms with Crippen molar-refractivity contribution < 1.29 is 9.09 Å². The SMILES string of the molecule is CCCSP(=O)(OCC)N1CCN(C)C1=C(C#N)C#N. The molecule has 1 rings (SSSR count). The van der Waals surface area contributed by atoms with E-state index in [1.165, 1.54) is 11.4 Å². The van der Waals surface area contributed by atoms with Crippen molar-refractivity contribution in [2.75, 3.05) is 32.5 Å². The molecule has 0 spiro atoms. The third-order valence-corrected chi connectivity index (χ3v) is 7.66. The highest BCUT2D eigenvalue weighted by Gasteiger charge is 2.40. The van der Waals surface area contributed by atoms with Crippen LogP contribution in [0.1, 0.15) is 20.3 Å². The summed E-state index contributed by atoms with van der Waals surface area (Å²) in [6.45, 7) is 2.13. The van der Waals surface area contributed by atoms with Crippen LogP contribution in [0.5, 0.6) is 0 Å². The van der Waals surface area contributed by atoms with Crippen molar-refractivity contribution in [3.63, 3.8) is 0 Å². The first kappa shape index (κ1) is 16.9. The van der Waals surface area contributed by atoms with Crippen molar-refractivity contribution in [1.29, 1.82) is 10.5 Å². The Bertz CT molecular complexity index is 493. The Labute approximate surface area is 124 Å². The first-order valence-corrected chi connectivity index (χ1v) is 9.63. The highest BCUT2D eigenvalue weighted by atomic mass is 32.7. The molecule has 1 heterocycles. The Morgan fingerprint density at radius 1 is 1.40 bits per heavy atom. The molecule has 6 nitrogen and oxygen atoms in total. The summed E-state index contributed by atoms with van der Waals surface area (Å²) < 4.78 is 20.1. The van der Waals surface area contributed by atoms with Crippen LogP contribution in [0.15, 0.2) is 11.4 Å². The van der Waals surface area contributed by atoms with E-state index in [-0.39, 0.29) is 5.57 Å². The van der Waals surface area contributed by atoms with Gasteiger partial charge in [0, 0.05) is 25.9 Å². The van der Waals surface area contributed by atoms with Gasteiger partial charge in [0.15, 0.2) is 5.57 Å². The number of hydrogen-bond donors (Lipinski definition) is 0. The molecule has 1 unspecified atom stereocenters. The van der Waals surface area contributed by atoms with E-state index in [1.807, 2.05) is 19.1 Å². The fourth-order valence-corrected chi connectivity index (χ4v) is 6.47. The molecule has 0 aromatic carbocycles. The van der Waals surface area contributed by atoms with Gasteiger partial charge in [-0.3, -0.25) is 9.24 Å². The summed E-state index contributed by atoms with van der Waals surface area (Å²) in [6.07, 6.45) is 0.883. The van der Waals surface area contributed by atoms with Crippen LogP contribution in [-0.2, 0) is 9.09 Å². The summed E-state index contributed by atoms with van der Waals surface area (Å²) in [6, 6.07) is 3.75. The van der Waals surface area contributed by atoms with Crippen molar-refractivity contribution in [2.45, 2.75) is 20.3 Å². The Hall–Kier alpha value is -1.14. The summed E-state index contributed by atoms with van der Waals surface area (Å²) >= 11 is 1.27. The first-order valence-electron chi connectivity index (χ1n) is 6.46. The van der Waals surface area contributed by atoms with Gasteiger partial charge in [-0.05, 0) is 24.7 Å². The van der Waals surface area contributed by atoms with Crippen molar-refractivity contribution in [3.05, 3.63) is 11.4 Å². The maximum Gasteiger partial charge on any atom is 0.354 e. The van der Waals surface area contributed by atoms with Gasteiger partial charge in [0.05, 0.1) is 6.61 Å². The Morgan fingerprint density at radius 3 is 2.55 bits per heavy atom. The van der Waals surface area contributed by atoms with Crippen molar-refractivity contribution in [3.8, 4) is 12.1 Å². The smallest absolute Gasteiger partial charge is 0.354 e. The van der Waals surface area contributed by atoms with Crippen LogP contribution in [0.2, 0.25) is 0 Å². The molecule has 0 N–H and O–H groups in total. The van der Waals surface area contributed by atoms with E-state index in [4.69, 9.17) is 15.0 Å². The van der Waals surface area contributed by atoms with Crippen LogP contribution in [0.3, 0.4) is 0 Å². The maximum atomic E-state index is 13.1. The van der Waals surface area contributed by atoms with Crippen molar-refractivity contribution in [2.24, 2.45) is 0 Å². The molecule has 0 aliphatic carbocycles. The Morgan fingerprint density at radius 2 is 2.05 bits per heavy atom. The van der Waals surface area contributed by atoms with Crippen LogP contribution in [0.4, 0.5) is 0 Å². The molecule has 1 aliphatic rings. The molecule has 8 heteroatoms. The largest absolute Gasteiger partial charge is 0.357 e. The van der Waals surface area contributed by atoms with Gasteiger partial charge < -0.3 is 9.42 Å². The second-order valence-electron chi connectivity index (χ2n) is 4.19. The summed E-state index contributed by atoms with van der Waals surface area (Å²) in [5, 5.41) is 18.1. The third kappa shape index (κ3) is 3.49. The normalized spacial score (nSPS) is 17.6. The lowest BCUT2D eigenvalue weighted by atomic mass is 10.3. The zero-order valence-corrected chi connectivity index (χ0v) is 13.7. The van der Waals surface area contributed by atoms with Gasteiger partial charge in [0.1, 0.15) is 18.0 Å². The quantitative estimate of drug-likeness (QED) is 0.551. The maximum absolute atomic E-state index is 13.1. The van der Waals surface area contributed by atoms with E-state index in [2.05, 4.69) is 0 Å². The summed E-state index contributed by atoms with van der Waals surface area (Å²) in [5.74, 6) is 1.12. The molecule has 1 fully saturated rings. The van der Waals surface area contributed by atoms with Crippen LogP contribution in [0, 0.1) is 22.7 Å². The van der Waals surface area contributed by atoms with Gasteiger partial charge >= 0.3 is 6.72 Å². The Balaban J connectivity index is 3.20. The lowest BCUT2D eigenvalue weighted by Gasteiger charge is -2.29. The van der Waals surface area contributed by atoms with E-state index < -0.39 is 6.72 Å². The molecule has 110 valence electrons. The fourth-order valence-electron chi connectivity index (χ4n) is 1.88. The van der Waals surface area contributed by atoms with Crippen LogP contribution >= 0.6 is 18.1 Å². The fraction of sp³-hybridized carbons (Fsp3) is 0.667. The van der Waals surface area contributed by atoms with Crippen LogP contribution in [0.25, 0.3) is 0 Å². The van der Waals surface area contributed by atoms with E-state index >= 15 is 0 Å². The third-order valence-electron chi connectivity index (χ3n) is 2.75. The molecular weight excluding hydrogens is 295 g/mol. The zero-order chi connectivity index (χ0) is 15.2. The van der Waals surface area contributed by atoms with Gasteiger partial charge in [-0.25, -0.2) is 0 Å². The predicted octanol–water partition coefficient (Wildman–Crippen LogP) is 2.78. The zero-order valence-electron chi connectivity index (χ0n) is 12.0. The van der Waals surface area contributed by atoms with Crippen molar-refractivity contribution >= 4 is 18.1 Å². The highest BCUT2D eigenvalue weighted by molar-refractivity contribution is 8.55. The topological polar surface area (TPSA) is 80.4 Å². The van der Waals surface area contributed by atoms with Gasteiger partial charge in [0.25, 0.3) is 0 Å². The monoisotopic (exact) mass is 314 g/mol. The lowest BCUT2D eigenvalue weighted by Crippen LogP contribution is -2.20. The molecule has 0 amide bonds. The van der Waals surface area contributed by atoms with Crippen molar-refractivity contribution in [1.82, 2.24) is 9.57 Å². The molecular formula is C12H19N4O2PS. The molecule has 20 heavy (non-hydrogen) atoms. The number of rotatable bonds is 6. The molecule has 1 saturated heterocycles. The molecule has 0 bridgehead atoms. The Kier molecular flexibility index (Phi) is 6.42. The van der Waals surface area contributed by atoms with E-state index in [0.717, 1.165) is 6.42 Å². The minimum Gasteiger partial charge on any atom is -0.357 e. The number of likely N-dealkylation sites (N-methyl/N-ethyl adjacent to an activating group) is 1. The minimum absolute atomic E-state index is 0.0259. The van der Waals surface area contributed by atoms with Crippen LogP contribution in [-0.4, -0.2) is 42.1 Å². The number of nitriles is 2. The molecule has 0 aromatic rings. The summed E-state index contributed by atoms with van der Waals surface area (Å²) in [5.41, 5.74) is -0.0259. The highest BCUT2D eigenvalue weighted by Crippen LogP contribution is 2.65. The number of nitrogens with zero attached hydrogens (tertiary/aromatic N) is 4. The molecule has 0 radical (unpaired) electrons. The van der Waals surface area contributed by atoms with E-state index in [9.17, 15) is 4.57 Å². The molecule has 1 atom stereocenters. The second kappa shape index (κ2) is 7.59. The summed E-state index contributed by atoms with van der Waals surface area (Å²) in [7, 11) is 1.78.